The smallest absolute Gasteiger partial charge is 0.270 e. The van der Waals surface area contributed by atoms with E-state index in [0.717, 1.165) is 44.1 Å². The van der Waals surface area contributed by atoms with Gasteiger partial charge < -0.3 is 35.0 Å². The van der Waals surface area contributed by atoms with E-state index in [2.05, 4.69) is 43.2 Å². The predicted octanol–water partition coefficient (Wildman–Crippen LogP) is 3.24. The van der Waals surface area contributed by atoms with Gasteiger partial charge in [-0.1, -0.05) is 24.3 Å². The molecule has 1 unspecified atom stereocenters. The van der Waals surface area contributed by atoms with Crippen LogP contribution >= 0.6 is 0 Å². The largest absolute Gasteiger partial charge is 0.457 e. The molecule has 0 aliphatic carbocycles. The third-order valence-electron chi connectivity index (χ3n) is 10.8. The summed E-state index contributed by atoms with van der Waals surface area (Å²) in [6.07, 6.45) is 12.1. The van der Waals surface area contributed by atoms with Crippen LogP contribution in [0, 0.1) is 22.9 Å². The number of nitrogens with one attached hydrogen (secondary N) is 2. The van der Waals surface area contributed by atoms with Gasteiger partial charge in [-0.15, -0.1) is 0 Å². The number of rotatable bonds is 4. The van der Waals surface area contributed by atoms with Crippen LogP contribution in [0.5, 0.6) is 11.8 Å². The molecule has 17 nitrogen and oxygen atoms in total. The number of carbonyl (C=O) groups is 2. The summed E-state index contributed by atoms with van der Waals surface area (Å²) in [5.74, 6) is 0.259. The van der Waals surface area contributed by atoms with Gasteiger partial charge in [0.25, 0.3) is 11.8 Å². The minimum atomic E-state index is -1.07. The maximum absolute atomic E-state index is 12.7. The second-order valence-corrected chi connectivity index (χ2v) is 14.1. The van der Waals surface area contributed by atoms with Crippen LogP contribution in [0.4, 0.5) is 11.4 Å². The molecule has 17 heteroatoms. The molecule has 2 fully saturated rings. The molecule has 2 saturated heterocycles. The summed E-state index contributed by atoms with van der Waals surface area (Å²) >= 11 is 0. The predicted molar refractivity (Wildman–Crippen MR) is 202 cm³/mol. The maximum Gasteiger partial charge on any atom is 0.270 e. The third-order valence-corrected chi connectivity index (χ3v) is 10.8. The Labute approximate surface area is 319 Å². The fourth-order valence-corrected chi connectivity index (χ4v) is 7.81. The van der Waals surface area contributed by atoms with Crippen LogP contribution in [0.15, 0.2) is 73.3 Å². The highest BCUT2D eigenvalue weighted by Crippen LogP contribution is 2.41. The molecule has 280 valence electrons. The van der Waals surface area contributed by atoms with Crippen LogP contribution in [0.1, 0.15) is 12.8 Å². The Morgan fingerprint density at radius 3 is 1.80 bits per heavy atom. The Morgan fingerprint density at radius 2 is 1.29 bits per heavy atom. The molecule has 4 aliphatic rings. The number of benzene rings is 2. The molecule has 2 spiro atoms. The first kappa shape index (κ1) is 34.5. The number of pyridine rings is 2. The van der Waals surface area contributed by atoms with Crippen molar-refractivity contribution in [2.45, 2.75) is 30.6 Å². The van der Waals surface area contributed by atoms with Gasteiger partial charge >= 0.3 is 0 Å². The lowest BCUT2D eigenvalue weighted by Crippen LogP contribution is -2.52. The molecule has 2 atom stereocenters. The zero-order chi connectivity index (χ0) is 38.6. The van der Waals surface area contributed by atoms with Gasteiger partial charge in [0.05, 0.1) is 49.7 Å². The SMILES string of the molecule is Cn1ncc2c(-c3cnc4c(c3)NC(=O)[C@@]3(CCN(C#N)C3)O4)cccc21.N#CN1CCC2(C1)Oc1ncc(-c3cccc4c3cnn4CCO)cc1NC2=O. The van der Waals surface area contributed by atoms with Crippen molar-refractivity contribution >= 4 is 45.0 Å². The lowest BCUT2D eigenvalue weighted by molar-refractivity contribution is -0.132. The molecule has 2 amide bonds. The average Bonchev–Trinajstić information content (AvgIpc) is 4.02. The maximum atomic E-state index is 12.7. The van der Waals surface area contributed by atoms with Crippen molar-refractivity contribution in [1.82, 2.24) is 39.3 Å². The second kappa shape index (κ2) is 13.3. The Kier molecular flexibility index (Phi) is 8.17. The van der Waals surface area contributed by atoms with Crippen LogP contribution in [0.3, 0.4) is 0 Å². The molecule has 0 bridgehead atoms. The summed E-state index contributed by atoms with van der Waals surface area (Å²) < 4.78 is 15.5. The number of hydrogen-bond donors (Lipinski definition) is 3. The summed E-state index contributed by atoms with van der Waals surface area (Å²) in [7, 11) is 1.90. The number of carbonyl (C=O) groups excluding carboxylic acids is 2. The van der Waals surface area contributed by atoms with Crippen molar-refractivity contribution < 1.29 is 24.2 Å². The summed E-state index contributed by atoms with van der Waals surface area (Å²) in [6, 6.07) is 15.5. The number of nitriles is 2. The Balaban J connectivity index is 0.000000147. The van der Waals surface area contributed by atoms with Gasteiger partial charge in [-0.25, -0.2) is 9.97 Å². The number of aromatic nitrogens is 6. The molecule has 6 aromatic rings. The molecule has 2 aromatic carbocycles. The van der Waals surface area contributed by atoms with E-state index in [0.29, 0.717) is 55.6 Å². The summed E-state index contributed by atoms with van der Waals surface area (Å²) in [5, 5.41) is 43.8. The number of anilines is 2. The number of hydrogen-bond acceptors (Lipinski definition) is 13. The van der Waals surface area contributed by atoms with E-state index in [-0.39, 0.29) is 31.5 Å². The van der Waals surface area contributed by atoms with Crippen molar-refractivity contribution in [2.75, 3.05) is 43.4 Å². The van der Waals surface area contributed by atoms with Gasteiger partial charge in [0.2, 0.25) is 23.0 Å². The third kappa shape index (κ3) is 5.64. The molecular formula is C39H34N12O5. The molecule has 10 rings (SSSR count). The number of nitrogens with zero attached hydrogens (tertiary/aromatic N) is 10. The lowest BCUT2D eigenvalue weighted by Gasteiger charge is -2.33. The highest BCUT2D eigenvalue weighted by molar-refractivity contribution is 6.03. The number of aliphatic hydroxyl groups excluding tert-OH is 1. The minimum absolute atomic E-state index is 0.00968. The van der Waals surface area contributed by atoms with Gasteiger partial charge in [-0.3, -0.25) is 19.0 Å². The molecule has 8 heterocycles. The zero-order valence-electron chi connectivity index (χ0n) is 30.1. The molecule has 4 aliphatic heterocycles. The Hall–Kier alpha value is -7.24. The normalized spacial score (nSPS) is 20.7. The van der Waals surface area contributed by atoms with E-state index < -0.39 is 11.2 Å². The van der Waals surface area contributed by atoms with Crippen LogP contribution in [-0.4, -0.2) is 100 Å². The second-order valence-electron chi connectivity index (χ2n) is 14.1. The molecule has 0 radical (unpaired) electrons. The molecular weight excluding hydrogens is 717 g/mol. The van der Waals surface area contributed by atoms with Crippen molar-refractivity contribution in [3.05, 3.63) is 73.3 Å². The highest BCUT2D eigenvalue weighted by atomic mass is 16.5. The first-order chi connectivity index (χ1) is 27.2. The van der Waals surface area contributed by atoms with Gasteiger partial charge in [0, 0.05) is 67.3 Å². The number of ether oxygens (including phenoxy) is 2. The van der Waals surface area contributed by atoms with E-state index >= 15 is 0 Å². The standard InChI is InChI=1S/C20H18N6O3.C19H16N6O2/c21-12-25-5-4-20(11-25)19(28)24-16-8-13(9-22-18(16)29-20)14-2-1-3-17-15(14)10-23-26(17)6-7-27;1-24-16-4-2-3-13(14(16)9-22-24)12-7-15-17(21-8-12)27-19(18(26)23-15)5-6-25(10-19)11-20/h1-3,8-10,27H,4-7,11H2,(H,24,28);2-4,7-9H,5-6,10H2,1H3,(H,23,26)/t;19-/m.0/s1. The highest BCUT2D eigenvalue weighted by Gasteiger charge is 2.51. The minimum Gasteiger partial charge on any atom is -0.457 e. The van der Waals surface area contributed by atoms with E-state index in [1.165, 1.54) is 9.80 Å². The topological polar surface area (TPSA) is 212 Å². The van der Waals surface area contributed by atoms with Crippen molar-refractivity contribution in [2.24, 2.45) is 7.05 Å². The number of likely N-dealkylation sites (tertiary alicyclic amines) is 2. The lowest BCUT2D eigenvalue weighted by atomic mass is 9.99. The summed E-state index contributed by atoms with van der Waals surface area (Å²) in [5.41, 5.74) is 4.48. The fraction of sp³-hybridized carbons (Fsp3) is 0.282. The molecule has 56 heavy (non-hydrogen) atoms. The fourth-order valence-electron chi connectivity index (χ4n) is 7.81. The number of amides is 2. The number of aliphatic hydroxyl groups is 1. The van der Waals surface area contributed by atoms with E-state index in [1.807, 2.05) is 66.5 Å². The van der Waals surface area contributed by atoms with Crippen LogP contribution in [0.25, 0.3) is 44.1 Å². The van der Waals surface area contributed by atoms with Crippen LogP contribution in [-0.2, 0) is 23.2 Å². The van der Waals surface area contributed by atoms with Gasteiger partial charge in [0.1, 0.15) is 11.4 Å². The van der Waals surface area contributed by atoms with E-state index in [4.69, 9.17) is 20.0 Å². The summed E-state index contributed by atoms with van der Waals surface area (Å²) in [4.78, 5) is 37.4. The van der Waals surface area contributed by atoms with Crippen LogP contribution in [0.2, 0.25) is 0 Å². The monoisotopic (exact) mass is 750 g/mol. The van der Waals surface area contributed by atoms with E-state index in [1.54, 1.807) is 23.3 Å². The van der Waals surface area contributed by atoms with E-state index in [9.17, 15) is 14.7 Å². The molecule has 4 aromatic heterocycles. The number of aryl methyl sites for hydroxylation is 1. The van der Waals surface area contributed by atoms with Gasteiger partial charge in [-0.2, -0.15) is 20.7 Å². The quantitative estimate of drug-likeness (QED) is 0.221. The number of fused-ring (bicyclic) bond motifs is 4. The van der Waals surface area contributed by atoms with Crippen molar-refractivity contribution in [3.63, 3.8) is 0 Å². The van der Waals surface area contributed by atoms with Gasteiger partial charge in [-0.05, 0) is 35.4 Å². The zero-order valence-corrected chi connectivity index (χ0v) is 30.1. The Bertz CT molecular complexity index is 2660. The van der Waals surface area contributed by atoms with Crippen LogP contribution < -0.4 is 20.1 Å². The first-order valence-electron chi connectivity index (χ1n) is 18.0. The van der Waals surface area contributed by atoms with Crippen molar-refractivity contribution in [3.8, 4) is 46.4 Å². The first-order valence-corrected chi connectivity index (χ1v) is 18.0. The summed E-state index contributed by atoms with van der Waals surface area (Å²) in [6.45, 7) is 1.88. The molecule has 3 N–H and O–H groups in total. The Morgan fingerprint density at radius 1 is 0.768 bits per heavy atom. The van der Waals surface area contributed by atoms with Crippen molar-refractivity contribution in [1.29, 1.82) is 10.5 Å². The molecule has 0 saturated carbocycles. The average molecular weight is 751 g/mol. The van der Waals surface area contributed by atoms with Gasteiger partial charge in [0.15, 0.2) is 12.4 Å².